The van der Waals surface area contributed by atoms with Crippen molar-refractivity contribution in [3.63, 3.8) is 0 Å². The van der Waals surface area contributed by atoms with Gasteiger partial charge in [0.25, 0.3) is 5.91 Å². The van der Waals surface area contributed by atoms with E-state index < -0.39 is 5.60 Å². The summed E-state index contributed by atoms with van der Waals surface area (Å²) in [5.74, 6) is 0.294. The molecule has 0 aliphatic carbocycles. The van der Waals surface area contributed by atoms with Crippen LogP contribution in [0.15, 0.2) is 41.9 Å². The maximum absolute atomic E-state index is 12.4. The highest BCUT2D eigenvalue weighted by Gasteiger charge is 2.45. The fourth-order valence-electron chi connectivity index (χ4n) is 3.63. The number of hydrogen-bond donors (Lipinski definition) is 2. The van der Waals surface area contributed by atoms with Crippen LogP contribution in [0.3, 0.4) is 0 Å². The summed E-state index contributed by atoms with van der Waals surface area (Å²) in [5, 5.41) is 16.9. The lowest BCUT2D eigenvalue weighted by Crippen LogP contribution is -2.40. The smallest absolute Gasteiger partial charge is 0.258 e. The van der Waals surface area contributed by atoms with Crippen LogP contribution in [-0.2, 0) is 15.1 Å². The molecule has 154 valence electrons. The van der Waals surface area contributed by atoms with Crippen LogP contribution in [-0.4, -0.2) is 63.7 Å². The summed E-state index contributed by atoms with van der Waals surface area (Å²) in [6, 6.07) is 9.49. The number of rotatable bonds is 5. The monoisotopic (exact) mass is 423 g/mol. The number of carbonyl (C=O) groups is 1. The van der Waals surface area contributed by atoms with E-state index in [1.165, 1.54) is 11.3 Å². The van der Waals surface area contributed by atoms with Gasteiger partial charge in [-0.15, -0.1) is 11.3 Å². The predicted octanol–water partition coefficient (Wildman–Crippen LogP) is 2.13. The molecule has 4 heterocycles. The minimum absolute atomic E-state index is 0.248. The Morgan fingerprint density at radius 3 is 2.87 bits per heavy atom. The second-order valence-electron chi connectivity index (χ2n) is 7.60. The van der Waals surface area contributed by atoms with Crippen LogP contribution >= 0.6 is 11.3 Å². The van der Waals surface area contributed by atoms with Gasteiger partial charge in [-0.25, -0.2) is 15.0 Å². The molecule has 1 amide bonds. The average Bonchev–Trinajstić information content (AvgIpc) is 3.33. The highest BCUT2D eigenvalue weighted by Crippen LogP contribution is 2.35. The number of thiazole rings is 1. The van der Waals surface area contributed by atoms with Gasteiger partial charge >= 0.3 is 0 Å². The van der Waals surface area contributed by atoms with E-state index in [2.05, 4.69) is 15.3 Å². The summed E-state index contributed by atoms with van der Waals surface area (Å²) in [5.41, 5.74) is 1.50. The largest absolute Gasteiger partial charge is 0.377 e. The van der Waals surface area contributed by atoms with Gasteiger partial charge in [-0.2, -0.15) is 0 Å². The fraction of sp³-hybridized carbons (Fsp3) is 0.333. The minimum Gasteiger partial charge on any atom is -0.377 e. The van der Waals surface area contributed by atoms with Crippen LogP contribution in [0, 0.1) is 0 Å². The number of benzene rings is 1. The van der Waals surface area contributed by atoms with Crippen LogP contribution in [0.2, 0.25) is 0 Å². The minimum atomic E-state index is -1.47. The first-order chi connectivity index (χ1) is 14.5. The molecule has 30 heavy (non-hydrogen) atoms. The summed E-state index contributed by atoms with van der Waals surface area (Å²) in [7, 11) is 1.71. The molecular weight excluding hydrogens is 402 g/mol. The molecule has 1 unspecified atom stereocenters. The standard InChI is InChI=1S/C21H21N5O3S/c1-26-8-6-21(28,19(26)27)14-4-2-3-13(9-14)17-12-30-18(24-17)16-5-7-22-20(25-16)23-15-10-29-11-15/h2-5,7,9,12,15,28H,6,8,10-11H2,1H3,(H,22,23,25). The molecule has 8 nitrogen and oxygen atoms in total. The van der Waals surface area contributed by atoms with Crippen molar-refractivity contribution in [2.24, 2.45) is 0 Å². The zero-order chi connectivity index (χ0) is 20.7. The van der Waals surface area contributed by atoms with Crippen molar-refractivity contribution < 1.29 is 14.6 Å². The third-order valence-corrected chi connectivity index (χ3v) is 6.36. The molecule has 9 heteroatoms. The van der Waals surface area contributed by atoms with Crippen molar-refractivity contribution >= 4 is 23.2 Å². The number of anilines is 1. The van der Waals surface area contributed by atoms with Gasteiger partial charge in [-0.1, -0.05) is 18.2 Å². The van der Waals surface area contributed by atoms with E-state index in [1.54, 1.807) is 24.2 Å². The number of amides is 1. The van der Waals surface area contributed by atoms with Crippen molar-refractivity contribution in [2.45, 2.75) is 18.1 Å². The Bertz CT molecular complexity index is 1100. The van der Waals surface area contributed by atoms with Crippen LogP contribution in [0.4, 0.5) is 5.95 Å². The van der Waals surface area contributed by atoms with Crippen molar-refractivity contribution in [3.8, 4) is 22.0 Å². The second-order valence-corrected chi connectivity index (χ2v) is 8.46. The summed E-state index contributed by atoms with van der Waals surface area (Å²) in [6.07, 6.45) is 2.10. The topological polar surface area (TPSA) is 100 Å². The molecule has 2 saturated heterocycles. The highest BCUT2D eigenvalue weighted by atomic mass is 32.1. The SMILES string of the molecule is CN1CCC(O)(c2cccc(-c3csc(-c4ccnc(NC5COC5)n4)n3)c2)C1=O. The molecule has 2 aliphatic heterocycles. The molecule has 2 aliphatic rings. The van der Waals surface area contributed by atoms with Gasteiger partial charge in [0.15, 0.2) is 5.60 Å². The Labute approximate surface area is 177 Å². The van der Waals surface area contributed by atoms with Crippen molar-refractivity contribution in [2.75, 3.05) is 32.1 Å². The van der Waals surface area contributed by atoms with E-state index in [0.29, 0.717) is 37.7 Å². The average molecular weight is 423 g/mol. The Morgan fingerprint density at radius 2 is 2.13 bits per heavy atom. The van der Waals surface area contributed by atoms with Crippen LogP contribution < -0.4 is 5.32 Å². The number of aliphatic hydroxyl groups is 1. The lowest BCUT2D eigenvalue weighted by Gasteiger charge is -2.26. The molecule has 3 aromatic rings. The van der Waals surface area contributed by atoms with E-state index in [-0.39, 0.29) is 11.9 Å². The highest BCUT2D eigenvalue weighted by molar-refractivity contribution is 7.13. The molecule has 0 radical (unpaired) electrons. The van der Waals surface area contributed by atoms with Crippen LogP contribution in [0.5, 0.6) is 0 Å². The number of ether oxygens (including phenoxy) is 1. The number of nitrogens with one attached hydrogen (secondary N) is 1. The second kappa shape index (κ2) is 7.42. The molecule has 2 aromatic heterocycles. The first kappa shape index (κ1) is 19.1. The van der Waals surface area contributed by atoms with Crippen LogP contribution in [0.1, 0.15) is 12.0 Å². The molecule has 0 saturated carbocycles. The van der Waals surface area contributed by atoms with Gasteiger partial charge in [0, 0.05) is 37.2 Å². The molecule has 1 atom stereocenters. The van der Waals surface area contributed by atoms with Crippen LogP contribution in [0.25, 0.3) is 22.0 Å². The maximum Gasteiger partial charge on any atom is 0.258 e. The number of hydrogen-bond acceptors (Lipinski definition) is 8. The molecule has 0 bridgehead atoms. The Balaban J connectivity index is 1.41. The van der Waals surface area contributed by atoms with Gasteiger partial charge in [0.05, 0.1) is 24.9 Å². The Morgan fingerprint density at radius 1 is 1.27 bits per heavy atom. The summed E-state index contributed by atoms with van der Waals surface area (Å²) >= 11 is 1.49. The first-order valence-corrected chi connectivity index (χ1v) is 10.6. The molecule has 1 aromatic carbocycles. The fourth-order valence-corrected chi connectivity index (χ4v) is 4.43. The van der Waals surface area contributed by atoms with Gasteiger partial charge in [0.1, 0.15) is 10.7 Å². The van der Waals surface area contributed by atoms with Gasteiger partial charge in [-0.05, 0) is 17.7 Å². The number of likely N-dealkylation sites (tertiary alicyclic amines) is 1. The lowest BCUT2D eigenvalue weighted by molar-refractivity contribution is -0.143. The third-order valence-electron chi connectivity index (χ3n) is 5.50. The van der Waals surface area contributed by atoms with Crippen molar-refractivity contribution in [1.82, 2.24) is 19.9 Å². The third kappa shape index (κ3) is 3.34. The molecular formula is C21H21N5O3S. The number of nitrogens with zero attached hydrogens (tertiary/aromatic N) is 4. The number of carbonyl (C=O) groups excluding carboxylic acids is 1. The zero-order valence-corrected chi connectivity index (χ0v) is 17.2. The maximum atomic E-state index is 12.4. The molecule has 2 N–H and O–H groups in total. The summed E-state index contributed by atoms with van der Waals surface area (Å²) in [6.45, 7) is 1.86. The Kier molecular flexibility index (Phi) is 4.73. The van der Waals surface area contributed by atoms with Crippen molar-refractivity contribution in [3.05, 3.63) is 47.5 Å². The molecule has 2 fully saturated rings. The lowest BCUT2D eigenvalue weighted by atomic mass is 9.90. The summed E-state index contributed by atoms with van der Waals surface area (Å²) in [4.78, 5) is 27.5. The van der Waals surface area contributed by atoms with E-state index in [9.17, 15) is 9.90 Å². The first-order valence-electron chi connectivity index (χ1n) is 9.75. The van der Waals surface area contributed by atoms with E-state index in [0.717, 1.165) is 22.0 Å². The quantitative estimate of drug-likeness (QED) is 0.648. The molecule has 5 rings (SSSR count). The number of aromatic nitrogens is 3. The zero-order valence-electron chi connectivity index (χ0n) is 16.4. The van der Waals surface area contributed by atoms with Gasteiger partial charge < -0.3 is 20.1 Å². The van der Waals surface area contributed by atoms with Crippen molar-refractivity contribution in [1.29, 1.82) is 0 Å². The summed E-state index contributed by atoms with van der Waals surface area (Å²) < 4.78 is 5.17. The van der Waals surface area contributed by atoms with Gasteiger partial charge in [0.2, 0.25) is 5.95 Å². The van der Waals surface area contributed by atoms with E-state index >= 15 is 0 Å². The van der Waals surface area contributed by atoms with E-state index in [4.69, 9.17) is 9.72 Å². The van der Waals surface area contributed by atoms with Gasteiger partial charge in [-0.3, -0.25) is 4.79 Å². The Hall–Kier alpha value is -2.88. The molecule has 0 spiro atoms. The normalized spacial score (nSPS) is 21.7. The predicted molar refractivity (Wildman–Crippen MR) is 113 cm³/mol. The van der Waals surface area contributed by atoms with E-state index in [1.807, 2.05) is 29.6 Å². The number of likely N-dealkylation sites (N-methyl/N-ethyl adjacent to an activating group) is 1.